The zero-order valence-electron chi connectivity index (χ0n) is 11.9. The fourth-order valence-corrected chi connectivity index (χ4v) is 1.42. The number of benzene rings is 1. The van der Waals surface area contributed by atoms with Gasteiger partial charge in [-0.3, -0.25) is 0 Å². The molecular weight excluding hydrogens is 240 g/mol. The van der Waals surface area contributed by atoms with Crippen molar-refractivity contribution in [2.24, 2.45) is 0 Å². The van der Waals surface area contributed by atoms with E-state index in [1.165, 1.54) is 6.08 Å². The second kappa shape index (κ2) is 8.35. The van der Waals surface area contributed by atoms with Crippen LogP contribution in [0.2, 0.25) is 0 Å². The van der Waals surface area contributed by atoms with Crippen LogP contribution >= 0.6 is 0 Å². The van der Waals surface area contributed by atoms with Crippen LogP contribution in [0.3, 0.4) is 0 Å². The van der Waals surface area contributed by atoms with Crippen molar-refractivity contribution in [3.05, 3.63) is 35.9 Å². The predicted molar refractivity (Wildman–Crippen MR) is 77.1 cm³/mol. The van der Waals surface area contributed by atoms with E-state index in [0.717, 1.165) is 24.2 Å². The van der Waals surface area contributed by atoms with Gasteiger partial charge in [0, 0.05) is 6.08 Å². The topological polar surface area (TPSA) is 35.5 Å². The molecule has 1 rings (SSSR count). The van der Waals surface area contributed by atoms with Crippen LogP contribution in [0.5, 0.6) is 5.75 Å². The summed E-state index contributed by atoms with van der Waals surface area (Å²) >= 11 is 0. The lowest BCUT2D eigenvalue weighted by molar-refractivity contribution is -0.137. The van der Waals surface area contributed by atoms with E-state index in [1.54, 1.807) is 6.08 Å². The lowest BCUT2D eigenvalue weighted by Crippen LogP contribution is -2.09. The minimum absolute atomic E-state index is 0.189. The smallest absolute Gasteiger partial charge is 0.330 e. The van der Waals surface area contributed by atoms with Gasteiger partial charge < -0.3 is 9.47 Å². The van der Waals surface area contributed by atoms with Crippen LogP contribution < -0.4 is 4.74 Å². The molecular formula is C16H22O3. The van der Waals surface area contributed by atoms with Crippen LogP contribution in [0.15, 0.2) is 30.3 Å². The molecule has 0 radical (unpaired) electrons. The maximum atomic E-state index is 11.3. The maximum absolute atomic E-state index is 11.3. The first-order valence-corrected chi connectivity index (χ1v) is 6.77. The summed E-state index contributed by atoms with van der Waals surface area (Å²) in [5.41, 5.74) is 0.925. The summed E-state index contributed by atoms with van der Waals surface area (Å²) in [5.74, 6) is 0.508. The van der Waals surface area contributed by atoms with Gasteiger partial charge in [0.15, 0.2) is 0 Å². The van der Waals surface area contributed by atoms with Crippen molar-refractivity contribution in [3.63, 3.8) is 0 Å². The van der Waals surface area contributed by atoms with Crippen LogP contribution in [-0.2, 0) is 9.53 Å². The second-order valence-electron chi connectivity index (χ2n) is 4.41. The zero-order chi connectivity index (χ0) is 14.1. The quantitative estimate of drug-likeness (QED) is 0.553. The van der Waals surface area contributed by atoms with Gasteiger partial charge in [-0.05, 0) is 43.5 Å². The molecule has 0 heterocycles. The third-order valence-electron chi connectivity index (χ3n) is 2.63. The van der Waals surface area contributed by atoms with Gasteiger partial charge in [-0.1, -0.05) is 26.0 Å². The molecule has 104 valence electrons. The highest BCUT2D eigenvalue weighted by Crippen LogP contribution is 2.16. The highest BCUT2D eigenvalue weighted by Gasteiger charge is 2.01. The van der Waals surface area contributed by atoms with Crippen molar-refractivity contribution < 1.29 is 14.3 Å². The molecule has 0 saturated heterocycles. The third-order valence-corrected chi connectivity index (χ3v) is 2.63. The molecule has 0 fully saturated rings. The molecule has 3 nitrogen and oxygen atoms in total. The molecule has 0 aliphatic rings. The van der Waals surface area contributed by atoms with Crippen molar-refractivity contribution in [1.82, 2.24) is 0 Å². The van der Waals surface area contributed by atoms with E-state index in [2.05, 4.69) is 6.92 Å². The van der Waals surface area contributed by atoms with E-state index in [9.17, 15) is 4.79 Å². The normalized spacial score (nSPS) is 12.4. The minimum Gasteiger partial charge on any atom is -0.491 e. The monoisotopic (exact) mass is 262 g/mol. The summed E-state index contributed by atoms with van der Waals surface area (Å²) in [6.07, 6.45) is 5.16. The van der Waals surface area contributed by atoms with Crippen LogP contribution in [-0.4, -0.2) is 18.7 Å². The third kappa shape index (κ3) is 6.09. The lowest BCUT2D eigenvalue weighted by atomic mass is 10.2. The summed E-state index contributed by atoms with van der Waals surface area (Å²) in [7, 11) is 0. The summed E-state index contributed by atoms with van der Waals surface area (Å²) in [4.78, 5) is 11.3. The van der Waals surface area contributed by atoms with Gasteiger partial charge in [0.2, 0.25) is 0 Å². The van der Waals surface area contributed by atoms with E-state index < -0.39 is 0 Å². The van der Waals surface area contributed by atoms with Gasteiger partial charge in [0.25, 0.3) is 0 Å². The van der Waals surface area contributed by atoms with Crippen molar-refractivity contribution in [2.75, 3.05) is 6.61 Å². The Labute approximate surface area is 115 Å². The van der Waals surface area contributed by atoms with E-state index in [4.69, 9.17) is 9.47 Å². The fraction of sp³-hybridized carbons (Fsp3) is 0.438. The molecule has 1 atom stereocenters. The van der Waals surface area contributed by atoms with Crippen molar-refractivity contribution in [3.8, 4) is 5.75 Å². The number of hydrogen-bond acceptors (Lipinski definition) is 3. The molecule has 0 aromatic heterocycles. The Morgan fingerprint density at radius 1 is 1.37 bits per heavy atom. The van der Waals surface area contributed by atoms with Crippen molar-refractivity contribution in [1.29, 1.82) is 0 Å². The van der Waals surface area contributed by atoms with Crippen molar-refractivity contribution in [2.45, 2.75) is 39.7 Å². The number of ether oxygens (including phenoxy) is 2. The zero-order valence-corrected chi connectivity index (χ0v) is 11.9. The Bertz CT molecular complexity index is 424. The van der Waals surface area contributed by atoms with Gasteiger partial charge in [0.1, 0.15) is 5.75 Å². The fourth-order valence-electron chi connectivity index (χ4n) is 1.42. The van der Waals surface area contributed by atoms with E-state index >= 15 is 0 Å². The molecule has 19 heavy (non-hydrogen) atoms. The highest BCUT2D eigenvalue weighted by molar-refractivity contribution is 5.87. The number of carbonyl (C=O) groups is 1. The first-order chi connectivity index (χ1) is 9.15. The Morgan fingerprint density at radius 2 is 2.16 bits per heavy atom. The SMILES string of the molecule is CCCOC(=O)/C=C/c1cccc(OC(C)CC)c1. The van der Waals surface area contributed by atoms with E-state index in [-0.39, 0.29) is 12.1 Å². The predicted octanol–water partition coefficient (Wildman–Crippen LogP) is 3.83. The van der Waals surface area contributed by atoms with Gasteiger partial charge in [-0.2, -0.15) is 0 Å². The first-order valence-electron chi connectivity index (χ1n) is 6.77. The summed E-state index contributed by atoms with van der Waals surface area (Å²) < 4.78 is 10.7. The molecule has 1 aromatic carbocycles. The molecule has 0 aliphatic heterocycles. The molecule has 1 aromatic rings. The average Bonchev–Trinajstić information content (AvgIpc) is 2.43. The Kier molecular flexibility index (Phi) is 6.72. The number of carbonyl (C=O) groups excluding carboxylic acids is 1. The van der Waals surface area contributed by atoms with Crippen molar-refractivity contribution >= 4 is 12.0 Å². The van der Waals surface area contributed by atoms with Crippen LogP contribution in [0.25, 0.3) is 6.08 Å². The maximum Gasteiger partial charge on any atom is 0.330 e. The Balaban J connectivity index is 2.61. The largest absolute Gasteiger partial charge is 0.491 e. The molecule has 0 spiro atoms. The standard InChI is InChI=1S/C16H22O3/c1-4-11-18-16(17)10-9-14-7-6-8-15(12-14)19-13(3)5-2/h6-10,12-13H,4-5,11H2,1-3H3/b10-9+. The summed E-state index contributed by atoms with van der Waals surface area (Å²) in [5, 5.41) is 0. The molecule has 3 heteroatoms. The van der Waals surface area contributed by atoms with Gasteiger partial charge in [-0.15, -0.1) is 0 Å². The van der Waals surface area contributed by atoms with Crippen LogP contribution in [0, 0.1) is 0 Å². The number of rotatable bonds is 7. The van der Waals surface area contributed by atoms with Crippen LogP contribution in [0.1, 0.15) is 39.2 Å². The second-order valence-corrected chi connectivity index (χ2v) is 4.41. The van der Waals surface area contributed by atoms with Crippen LogP contribution in [0.4, 0.5) is 0 Å². The van der Waals surface area contributed by atoms with E-state index in [0.29, 0.717) is 6.61 Å². The highest BCUT2D eigenvalue weighted by atomic mass is 16.5. The number of hydrogen-bond donors (Lipinski definition) is 0. The van der Waals surface area contributed by atoms with Gasteiger partial charge in [0.05, 0.1) is 12.7 Å². The summed E-state index contributed by atoms with van der Waals surface area (Å²) in [6, 6.07) is 7.66. The Morgan fingerprint density at radius 3 is 2.84 bits per heavy atom. The van der Waals surface area contributed by atoms with E-state index in [1.807, 2.05) is 38.1 Å². The Hall–Kier alpha value is -1.77. The summed E-state index contributed by atoms with van der Waals surface area (Å²) in [6.45, 7) is 6.54. The molecule has 0 bridgehead atoms. The minimum atomic E-state index is -0.310. The molecule has 1 unspecified atom stereocenters. The van der Waals surface area contributed by atoms with Gasteiger partial charge >= 0.3 is 5.97 Å². The molecule has 0 saturated carbocycles. The molecule has 0 N–H and O–H groups in total. The molecule has 0 aliphatic carbocycles. The number of esters is 1. The molecule has 0 amide bonds. The average molecular weight is 262 g/mol. The first kappa shape index (κ1) is 15.3. The lowest BCUT2D eigenvalue weighted by Gasteiger charge is -2.12. The van der Waals surface area contributed by atoms with Gasteiger partial charge in [-0.25, -0.2) is 4.79 Å².